The second kappa shape index (κ2) is 7.97. The summed E-state index contributed by atoms with van der Waals surface area (Å²) in [6.45, 7) is 2.94. The van der Waals surface area contributed by atoms with Gasteiger partial charge in [0.05, 0.1) is 11.1 Å². The molecule has 1 saturated heterocycles. The Kier molecular flexibility index (Phi) is 6.97. The minimum atomic E-state index is -0.248. The first-order chi connectivity index (χ1) is 8.25. The van der Waals surface area contributed by atoms with Gasteiger partial charge < -0.3 is 10.1 Å². The quantitative estimate of drug-likeness (QED) is 0.902. The molecule has 0 atom stereocenters. The number of nitrogens with one attached hydrogen (secondary N) is 1. The van der Waals surface area contributed by atoms with Gasteiger partial charge in [-0.15, -0.1) is 12.4 Å². The molecule has 1 aromatic carbocycles. The Bertz CT molecular complexity index is 372. The number of rotatable bonds is 4. The van der Waals surface area contributed by atoms with E-state index in [9.17, 15) is 4.39 Å². The number of ether oxygens (including phenoxy) is 1. The summed E-state index contributed by atoms with van der Waals surface area (Å²) in [5, 5.41) is 3.35. The van der Waals surface area contributed by atoms with Crippen LogP contribution in [0.1, 0.15) is 19.3 Å². The summed E-state index contributed by atoms with van der Waals surface area (Å²) in [5.74, 6) is 1.23. The van der Waals surface area contributed by atoms with Crippen LogP contribution in [-0.2, 0) is 0 Å². The Morgan fingerprint density at radius 3 is 2.72 bits per heavy atom. The first kappa shape index (κ1) is 15.7. The predicted molar refractivity (Wildman–Crippen MR) is 77.1 cm³/mol. The molecular weight excluding hydrogens is 321 g/mol. The summed E-state index contributed by atoms with van der Waals surface area (Å²) >= 11 is 3.30. The fraction of sp³-hybridized carbons (Fsp3) is 0.538. The van der Waals surface area contributed by atoms with Gasteiger partial charge in [-0.3, -0.25) is 0 Å². The Balaban J connectivity index is 0.00000162. The Morgan fingerprint density at radius 1 is 1.33 bits per heavy atom. The van der Waals surface area contributed by atoms with Crippen LogP contribution in [0.2, 0.25) is 0 Å². The smallest absolute Gasteiger partial charge is 0.133 e. The summed E-state index contributed by atoms with van der Waals surface area (Å²) < 4.78 is 19.2. The Hall–Kier alpha value is -0.320. The van der Waals surface area contributed by atoms with Crippen molar-refractivity contribution in [1.82, 2.24) is 5.32 Å². The summed E-state index contributed by atoms with van der Waals surface area (Å²) in [4.78, 5) is 0. The molecule has 0 amide bonds. The van der Waals surface area contributed by atoms with E-state index in [2.05, 4.69) is 21.2 Å². The lowest BCUT2D eigenvalue weighted by molar-refractivity contribution is 0.250. The molecule has 1 fully saturated rings. The molecule has 0 unspecified atom stereocenters. The van der Waals surface area contributed by atoms with E-state index in [0.29, 0.717) is 11.1 Å². The maximum Gasteiger partial charge on any atom is 0.133 e. The molecule has 2 rings (SSSR count). The lowest BCUT2D eigenvalue weighted by Crippen LogP contribution is -2.28. The molecule has 102 valence electrons. The van der Waals surface area contributed by atoms with E-state index in [4.69, 9.17) is 4.74 Å². The normalized spacial score (nSPS) is 16.1. The minimum Gasteiger partial charge on any atom is -0.492 e. The van der Waals surface area contributed by atoms with Gasteiger partial charge >= 0.3 is 0 Å². The van der Waals surface area contributed by atoms with Crippen molar-refractivity contribution in [3.05, 3.63) is 28.5 Å². The first-order valence-electron chi connectivity index (χ1n) is 6.04. The van der Waals surface area contributed by atoms with Gasteiger partial charge in [0.1, 0.15) is 11.6 Å². The maximum atomic E-state index is 12.9. The summed E-state index contributed by atoms with van der Waals surface area (Å²) in [6, 6.07) is 4.52. The number of benzene rings is 1. The van der Waals surface area contributed by atoms with Gasteiger partial charge in [-0.1, -0.05) is 0 Å². The second-order valence-corrected chi connectivity index (χ2v) is 5.26. The van der Waals surface area contributed by atoms with Crippen LogP contribution in [0.3, 0.4) is 0 Å². The maximum absolute atomic E-state index is 12.9. The Morgan fingerprint density at radius 2 is 2.06 bits per heavy atom. The van der Waals surface area contributed by atoms with E-state index >= 15 is 0 Å². The molecule has 1 aromatic rings. The molecule has 2 nitrogen and oxygen atoms in total. The van der Waals surface area contributed by atoms with E-state index in [0.717, 1.165) is 31.2 Å². The first-order valence-corrected chi connectivity index (χ1v) is 6.83. The molecule has 0 spiro atoms. The summed E-state index contributed by atoms with van der Waals surface area (Å²) in [5.41, 5.74) is 0. The molecule has 5 heteroatoms. The lowest BCUT2D eigenvalue weighted by atomic mass is 9.95. The minimum absolute atomic E-state index is 0. The Labute approximate surface area is 122 Å². The number of hydrogen-bond donors (Lipinski definition) is 1. The third-order valence-electron chi connectivity index (χ3n) is 3.14. The standard InChI is InChI=1S/C13H17BrFNO.ClH/c14-12-9-11(15)1-2-13(12)17-8-5-10-3-6-16-7-4-10;/h1-2,9-10,16H,3-8H2;1H. The highest BCUT2D eigenvalue weighted by Gasteiger charge is 2.13. The monoisotopic (exact) mass is 337 g/mol. The van der Waals surface area contributed by atoms with Crippen LogP contribution < -0.4 is 10.1 Å². The van der Waals surface area contributed by atoms with Crippen molar-refractivity contribution in [2.75, 3.05) is 19.7 Å². The van der Waals surface area contributed by atoms with E-state index in [1.165, 1.54) is 25.0 Å². The second-order valence-electron chi connectivity index (χ2n) is 4.41. The van der Waals surface area contributed by atoms with Crippen molar-refractivity contribution in [2.24, 2.45) is 5.92 Å². The van der Waals surface area contributed by atoms with Crippen molar-refractivity contribution in [2.45, 2.75) is 19.3 Å². The van der Waals surface area contributed by atoms with Crippen LogP contribution in [0.4, 0.5) is 4.39 Å². The summed E-state index contributed by atoms with van der Waals surface area (Å²) in [7, 11) is 0. The highest BCUT2D eigenvalue weighted by Crippen LogP contribution is 2.26. The zero-order valence-electron chi connectivity index (χ0n) is 10.1. The van der Waals surface area contributed by atoms with E-state index in [1.54, 1.807) is 6.07 Å². The number of piperidine rings is 1. The van der Waals surface area contributed by atoms with Crippen molar-refractivity contribution in [3.8, 4) is 5.75 Å². The highest BCUT2D eigenvalue weighted by atomic mass is 79.9. The van der Waals surface area contributed by atoms with Gasteiger partial charge in [-0.05, 0) is 72.4 Å². The fourth-order valence-electron chi connectivity index (χ4n) is 2.10. The van der Waals surface area contributed by atoms with Crippen molar-refractivity contribution in [3.63, 3.8) is 0 Å². The third kappa shape index (κ3) is 4.75. The van der Waals surface area contributed by atoms with Gasteiger partial charge in [0.15, 0.2) is 0 Å². The largest absolute Gasteiger partial charge is 0.492 e. The molecule has 0 aliphatic carbocycles. The third-order valence-corrected chi connectivity index (χ3v) is 3.76. The summed E-state index contributed by atoms with van der Waals surface area (Å²) in [6.07, 6.45) is 3.54. The van der Waals surface area contributed by atoms with Crippen LogP contribution in [0.5, 0.6) is 5.75 Å². The van der Waals surface area contributed by atoms with E-state index in [-0.39, 0.29) is 18.2 Å². The molecular formula is C13H18BrClFNO. The average Bonchev–Trinajstić information content (AvgIpc) is 2.33. The van der Waals surface area contributed by atoms with Crippen molar-refractivity contribution >= 4 is 28.3 Å². The lowest BCUT2D eigenvalue weighted by Gasteiger charge is -2.22. The highest BCUT2D eigenvalue weighted by molar-refractivity contribution is 9.10. The van der Waals surface area contributed by atoms with Gasteiger partial charge in [0.25, 0.3) is 0 Å². The van der Waals surface area contributed by atoms with E-state index < -0.39 is 0 Å². The molecule has 1 heterocycles. The predicted octanol–water partition coefficient (Wildman–Crippen LogP) is 3.78. The molecule has 0 saturated carbocycles. The molecule has 1 N–H and O–H groups in total. The van der Waals surface area contributed by atoms with Crippen LogP contribution >= 0.6 is 28.3 Å². The zero-order chi connectivity index (χ0) is 12.1. The molecule has 18 heavy (non-hydrogen) atoms. The molecule has 0 radical (unpaired) electrons. The SMILES string of the molecule is Cl.Fc1ccc(OCCC2CCNCC2)c(Br)c1. The average molecular weight is 339 g/mol. The molecule has 1 aliphatic rings. The van der Waals surface area contributed by atoms with Crippen LogP contribution in [0.25, 0.3) is 0 Å². The van der Waals surface area contributed by atoms with Crippen molar-refractivity contribution < 1.29 is 9.13 Å². The topological polar surface area (TPSA) is 21.3 Å². The zero-order valence-corrected chi connectivity index (χ0v) is 12.5. The molecule has 0 aromatic heterocycles. The fourth-order valence-corrected chi connectivity index (χ4v) is 2.56. The van der Waals surface area contributed by atoms with Gasteiger partial charge in [0, 0.05) is 0 Å². The van der Waals surface area contributed by atoms with Crippen LogP contribution in [0.15, 0.2) is 22.7 Å². The van der Waals surface area contributed by atoms with Gasteiger partial charge in [-0.2, -0.15) is 0 Å². The molecule has 0 bridgehead atoms. The molecule has 1 aliphatic heterocycles. The van der Waals surface area contributed by atoms with Gasteiger partial charge in [-0.25, -0.2) is 4.39 Å². The van der Waals surface area contributed by atoms with Crippen LogP contribution in [0, 0.1) is 11.7 Å². The van der Waals surface area contributed by atoms with Gasteiger partial charge in [0.2, 0.25) is 0 Å². The number of hydrogen-bond acceptors (Lipinski definition) is 2. The number of halogens is 3. The van der Waals surface area contributed by atoms with Crippen molar-refractivity contribution in [1.29, 1.82) is 0 Å². The van der Waals surface area contributed by atoms with Crippen LogP contribution in [-0.4, -0.2) is 19.7 Å². The van der Waals surface area contributed by atoms with E-state index in [1.807, 2.05) is 0 Å².